The lowest BCUT2D eigenvalue weighted by Gasteiger charge is -2.33. The summed E-state index contributed by atoms with van der Waals surface area (Å²) in [5, 5.41) is 3.20. The molecule has 2 fully saturated rings. The molecular weight excluding hydrogens is 304 g/mol. The third kappa shape index (κ3) is 4.42. The molecule has 0 saturated carbocycles. The molecule has 2 aliphatic heterocycles. The number of nitrogens with one attached hydrogen (secondary N) is 3. The number of amides is 1. The predicted octanol–water partition coefficient (Wildman–Crippen LogP) is 0.843. The third-order valence-corrected chi connectivity index (χ3v) is 4.66. The van der Waals surface area contributed by atoms with E-state index in [4.69, 9.17) is 0 Å². The van der Waals surface area contributed by atoms with E-state index in [1.807, 2.05) is 6.07 Å². The Balaban J connectivity index is 1.50. The average Bonchev–Trinajstić information content (AvgIpc) is 3.04. The highest BCUT2D eigenvalue weighted by atomic mass is 16.2. The molecule has 2 aliphatic rings. The van der Waals surface area contributed by atoms with Crippen LogP contribution in [-0.2, 0) is 4.79 Å². The Labute approximate surface area is 143 Å². The first-order valence-corrected chi connectivity index (χ1v) is 8.95. The summed E-state index contributed by atoms with van der Waals surface area (Å²) in [5.41, 5.74) is 6.39. The van der Waals surface area contributed by atoms with Gasteiger partial charge >= 0.3 is 0 Å². The summed E-state index contributed by atoms with van der Waals surface area (Å²) in [6.45, 7) is 6.12. The SMILES string of the molecule is CC(C)CC1CC(C(=O)NC2CCCN(c3ncccn3)C2)NN1. The fourth-order valence-electron chi connectivity index (χ4n) is 3.55. The van der Waals surface area contributed by atoms with Gasteiger partial charge in [0, 0.05) is 37.6 Å². The minimum Gasteiger partial charge on any atom is -0.350 e. The maximum atomic E-state index is 12.5. The molecule has 1 aromatic heterocycles. The largest absolute Gasteiger partial charge is 0.350 e. The summed E-state index contributed by atoms with van der Waals surface area (Å²) >= 11 is 0. The highest BCUT2D eigenvalue weighted by Gasteiger charge is 2.31. The van der Waals surface area contributed by atoms with Crippen LogP contribution in [0.25, 0.3) is 0 Å². The molecule has 24 heavy (non-hydrogen) atoms. The van der Waals surface area contributed by atoms with Crippen molar-refractivity contribution in [3.8, 4) is 0 Å². The Morgan fingerprint density at radius 3 is 2.92 bits per heavy atom. The van der Waals surface area contributed by atoms with Crippen molar-refractivity contribution < 1.29 is 4.79 Å². The van der Waals surface area contributed by atoms with Crippen LogP contribution < -0.4 is 21.1 Å². The maximum absolute atomic E-state index is 12.5. The van der Waals surface area contributed by atoms with Gasteiger partial charge < -0.3 is 10.2 Å². The number of anilines is 1. The standard InChI is InChI=1S/C17H28N6O/c1-12(2)9-14-10-15(22-21-14)16(24)20-13-5-3-8-23(11-13)17-18-6-4-7-19-17/h4,6-7,12-15,21-22H,3,5,8-11H2,1-2H3,(H,20,24). The van der Waals surface area contributed by atoms with Crippen LogP contribution in [0, 0.1) is 5.92 Å². The van der Waals surface area contributed by atoms with Gasteiger partial charge in [-0.3, -0.25) is 10.2 Å². The Bertz CT molecular complexity index is 537. The molecule has 0 radical (unpaired) electrons. The van der Waals surface area contributed by atoms with Crippen molar-refractivity contribution >= 4 is 11.9 Å². The van der Waals surface area contributed by atoms with E-state index in [-0.39, 0.29) is 18.0 Å². The van der Waals surface area contributed by atoms with Gasteiger partial charge in [-0.1, -0.05) is 13.8 Å². The van der Waals surface area contributed by atoms with Crippen molar-refractivity contribution in [3.05, 3.63) is 18.5 Å². The monoisotopic (exact) mass is 332 g/mol. The number of hydrazine groups is 1. The molecule has 0 aromatic carbocycles. The number of hydrogen-bond donors (Lipinski definition) is 3. The molecule has 7 heteroatoms. The van der Waals surface area contributed by atoms with Crippen molar-refractivity contribution in [1.29, 1.82) is 0 Å². The first-order valence-electron chi connectivity index (χ1n) is 8.95. The molecule has 0 aliphatic carbocycles. The smallest absolute Gasteiger partial charge is 0.238 e. The Kier molecular flexibility index (Phi) is 5.63. The third-order valence-electron chi connectivity index (χ3n) is 4.66. The fraction of sp³-hybridized carbons (Fsp3) is 0.706. The van der Waals surface area contributed by atoms with Gasteiger partial charge in [-0.2, -0.15) is 0 Å². The number of nitrogens with zero attached hydrogens (tertiary/aromatic N) is 3. The minimum absolute atomic E-state index is 0.0922. The van der Waals surface area contributed by atoms with Crippen LogP contribution in [0.5, 0.6) is 0 Å². The molecule has 1 aromatic rings. The van der Waals surface area contributed by atoms with E-state index in [9.17, 15) is 4.79 Å². The van der Waals surface area contributed by atoms with E-state index >= 15 is 0 Å². The van der Waals surface area contributed by atoms with Gasteiger partial charge in [-0.25, -0.2) is 15.4 Å². The zero-order valence-electron chi connectivity index (χ0n) is 14.5. The molecule has 0 spiro atoms. The van der Waals surface area contributed by atoms with Gasteiger partial charge in [-0.15, -0.1) is 0 Å². The van der Waals surface area contributed by atoms with E-state index in [0.29, 0.717) is 12.0 Å². The number of rotatable bonds is 5. The first kappa shape index (κ1) is 17.1. The zero-order chi connectivity index (χ0) is 16.9. The van der Waals surface area contributed by atoms with Crippen LogP contribution in [0.1, 0.15) is 39.5 Å². The van der Waals surface area contributed by atoms with E-state index < -0.39 is 0 Å². The molecule has 3 N–H and O–H groups in total. The van der Waals surface area contributed by atoms with Crippen LogP contribution in [0.3, 0.4) is 0 Å². The average molecular weight is 332 g/mol. The topological polar surface area (TPSA) is 82.2 Å². The van der Waals surface area contributed by atoms with E-state index in [1.165, 1.54) is 0 Å². The fourth-order valence-corrected chi connectivity index (χ4v) is 3.55. The Hall–Kier alpha value is -1.73. The van der Waals surface area contributed by atoms with Crippen molar-refractivity contribution in [2.45, 2.75) is 57.7 Å². The highest BCUT2D eigenvalue weighted by molar-refractivity contribution is 5.82. The second kappa shape index (κ2) is 7.90. The predicted molar refractivity (Wildman–Crippen MR) is 93.3 cm³/mol. The molecule has 0 bridgehead atoms. The molecule has 3 heterocycles. The van der Waals surface area contributed by atoms with Crippen molar-refractivity contribution in [2.24, 2.45) is 5.92 Å². The van der Waals surface area contributed by atoms with Crippen molar-refractivity contribution in [1.82, 2.24) is 26.1 Å². The van der Waals surface area contributed by atoms with E-state index in [2.05, 4.69) is 44.9 Å². The number of aromatic nitrogens is 2. The molecule has 7 nitrogen and oxygen atoms in total. The van der Waals surface area contributed by atoms with Crippen LogP contribution >= 0.6 is 0 Å². The first-order chi connectivity index (χ1) is 11.6. The summed E-state index contributed by atoms with van der Waals surface area (Å²) in [6.07, 6.45) is 7.49. The van der Waals surface area contributed by atoms with Gasteiger partial charge in [0.1, 0.15) is 6.04 Å². The van der Waals surface area contributed by atoms with Crippen LogP contribution in [-0.4, -0.2) is 47.1 Å². The summed E-state index contributed by atoms with van der Waals surface area (Å²) in [7, 11) is 0. The number of carbonyl (C=O) groups excluding carboxylic acids is 1. The lowest BCUT2D eigenvalue weighted by atomic mass is 9.99. The van der Waals surface area contributed by atoms with Crippen LogP contribution in [0.15, 0.2) is 18.5 Å². The normalized spacial score (nSPS) is 27.5. The van der Waals surface area contributed by atoms with Gasteiger partial charge in [0.15, 0.2) is 0 Å². The molecule has 1 amide bonds. The van der Waals surface area contributed by atoms with Crippen molar-refractivity contribution in [3.63, 3.8) is 0 Å². The van der Waals surface area contributed by atoms with Crippen LogP contribution in [0.4, 0.5) is 5.95 Å². The molecule has 132 valence electrons. The van der Waals surface area contributed by atoms with E-state index in [1.54, 1.807) is 12.4 Å². The summed E-state index contributed by atoms with van der Waals surface area (Å²) in [6, 6.07) is 2.21. The summed E-state index contributed by atoms with van der Waals surface area (Å²) < 4.78 is 0. The summed E-state index contributed by atoms with van der Waals surface area (Å²) in [4.78, 5) is 23.3. The second-order valence-corrected chi connectivity index (χ2v) is 7.25. The summed E-state index contributed by atoms with van der Waals surface area (Å²) in [5.74, 6) is 1.47. The molecule has 3 atom stereocenters. The second-order valence-electron chi connectivity index (χ2n) is 7.25. The number of piperidine rings is 1. The molecule has 2 saturated heterocycles. The van der Waals surface area contributed by atoms with Crippen LogP contribution in [0.2, 0.25) is 0 Å². The Morgan fingerprint density at radius 2 is 2.17 bits per heavy atom. The van der Waals surface area contributed by atoms with Gasteiger partial charge in [0.05, 0.1) is 0 Å². The molecule has 3 rings (SSSR count). The van der Waals surface area contributed by atoms with Gasteiger partial charge in [0.25, 0.3) is 0 Å². The molecule has 3 unspecified atom stereocenters. The van der Waals surface area contributed by atoms with E-state index in [0.717, 1.165) is 44.7 Å². The zero-order valence-corrected chi connectivity index (χ0v) is 14.5. The number of hydrogen-bond acceptors (Lipinski definition) is 6. The van der Waals surface area contributed by atoms with Crippen molar-refractivity contribution in [2.75, 3.05) is 18.0 Å². The highest BCUT2D eigenvalue weighted by Crippen LogP contribution is 2.17. The number of carbonyl (C=O) groups is 1. The van der Waals surface area contributed by atoms with Gasteiger partial charge in [0.2, 0.25) is 11.9 Å². The van der Waals surface area contributed by atoms with Gasteiger partial charge in [-0.05, 0) is 37.7 Å². The molecular formula is C17H28N6O. The maximum Gasteiger partial charge on any atom is 0.238 e. The Morgan fingerprint density at radius 1 is 1.38 bits per heavy atom. The lowest BCUT2D eigenvalue weighted by Crippen LogP contribution is -2.52. The lowest BCUT2D eigenvalue weighted by molar-refractivity contribution is -0.123. The quantitative estimate of drug-likeness (QED) is 0.741. The minimum atomic E-state index is -0.142.